The van der Waals surface area contributed by atoms with Crippen LogP contribution in [0, 0.1) is 0 Å². The Bertz CT molecular complexity index is 376. The minimum Gasteiger partial charge on any atom is -0.380 e. The van der Waals surface area contributed by atoms with E-state index in [2.05, 4.69) is 46.0 Å². The molecule has 2 N–H and O–H groups in total. The quantitative estimate of drug-likeness (QED) is 0.932. The predicted octanol–water partition coefficient (Wildman–Crippen LogP) is 2.56. The summed E-state index contributed by atoms with van der Waals surface area (Å²) in [6.45, 7) is 5.74. The van der Waals surface area contributed by atoms with E-state index in [1.54, 1.807) is 0 Å². The molecule has 0 saturated carbocycles. The molecule has 1 aliphatic heterocycles. The molecule has 2 atom stereocenters. The molecule has 0 radical (unpaired) electrons. The number of ether oxygens (including phenoxy) is 1. The van der Waals surface area contributed by atoms with Crippen LogP contribution in [-0.4, -0.2) is 37.2 Å². The zero-order valence-electron chi connectivity index (χ0n) is 10.8. The Kier molecular flexibility index (Phi) is 5.18. The van der Waals surface area contributed by atoms with E-state index in [4.69, 9.17) is 10.5 Å². The van der Waals surface area contributed by atoms with Gasteiger partial charge >= 0.3 is 0 Å². The number of halogens is 1. The highest BCUT2D eigenvalue weighted by molar-refractivity contribution is 9.10. The maximum atomic E-state index is 6.22. The van der Waals surface area contributed by atoms with E-state index in [-0.39, 0.29) is 12.1 Å². The fourth-order valence-corrected chi connectivity index (χ4v) is 3.09. The largest absolute Gasteiger partial charge is 0.380 e. The highest BCUT2D eigenvalue weighted by Gasteiger charge is 2.26. The Hall–Kier alpha value is -0.420. The summed E-state index contributed by atoms with van der Waals surface area (Å²) in [5.41, 5.74) is 7.49. The maximum Gasteiger partial charge on any atom is 0.0593 e. The Morgan fingerprint density at radius 2 is 2.06 bits per heavy atom. The van der Waals surface area contributed by atoms with Crippen LogP contribution in [0.5, 0.6) is 0 Å². The topological polar surface area (TPSA) is 38.5 Å². The molecule has 4 heteroatoms. The molecular formula is C14H21BrN2O. The van der Waals surface area contributed by atoms with Crippen molar-refractivity contribution in [2.24, 2.45) is 5.73 Å². The van der Waals surface area contributed by atoms with Crippen molar-refractivity contribution in [1.82, 2.24) is 4.90 Å². The normalized spacial score (nSPS) is 21.3. The third-order valence-corrected chi connectivity index (χ3v) is 4.09. The van der Waals surface area contributed by atoms with Crippen molar-refractivity contribution in [1.29, 1.82) is 0 Å². The van der Waals surface area contributed by atoms with E-state index in [0.29, 0.717) is 0 Å². The van der Waals surface area contributed by atoms with Gasteiger partial charge in [-0.05, 0) is 25.0 Å². The van der Waals surface area contributed by atoms with Gasteiger partial charge in [-0.3, -0.25) is 4.90 Å². The van der Waals surface area contributed by atoms with Crippen LogP contribution >= 0.6 is 15.9 Å². The van der Waals surface area contributed by atoms with Gasteiger partial charge in [0.1, 0.15) is 0 Å². The lowest BCUT2D eigenvalue weighted by molar-refractivity contribution is 0.126. The summed E-state index contributed by atoms with van der Waals surface area (Å²) in [7, 11) is 0. The molecule has 1 aliphatic rings. The second kappa shape index (κ2) is 6.66. The van der Waals surface area contributed by atoms with Crippen molar-refractivity contribution in [3.05, 3.63) is 34.3 Å². The first-order valence-corrected chi connectivity index (χ1v) is 7.31. The van der Waals surface area contributed by atoms with Crippen LogP contribution in [0.3, 0.4) is 0 Å². The van der Waals surface area contributed by atoms with Crippen molar-refractivity contribution < 1.29 is 4.74 Å². The van der Waals surface area contributed by atoms with Gasteiger partial charge in [0.15, 0.2) is 0 Å². The van der Waals surface area contributed by atoms with Crippen molar-refractivity contribution in [3.8, 4) is 0 Å². The van der Waals surface area contributed by atoms with E-state index in [1.807, 2.05) is 6.07 Å². The van der Waals surface area contributed by atoms with Crippen molar-refractivity contribution in [2.75, 3.05) is 26.3 Å². The molecule has 1 fully saturated rings. The summed E-state index contributed by atoms with van der Waals surface area (Å²) < 4.78 is 6.66. The second-order valence-corrected chi connectivity index (χ2v) is 5.68. The Morgan fingerprint density at radius 1 is 1.28 bits per heavy atom. The van der Waals surface area contributed by atoms with E-state index in [1.165, 1.54) is 5.56 Å². The van der Waals surface area contributed by atoms with Crippen molar-refractivity contribution >= 4 is 15.9 Å². The van der Waals surface area contributed by atoms with E-state index < -0.39 is 0 Å². The molecular weight excluding hydrogens is 292 g/mol. The molecule has 0 aliphatic carbocycles. The summed E-state index contributed by atoms with van der Waals surface area (Å²) in [4.78, 5) is 2.44. The average Bonchev–Trinajstić information content (AvgIpc) is 2.60. The molecule has 0 aromatic heterocycles. The van der Waals surface area contributed by atoms with Gasteiger partial charge in [0.05, 0.1) is 12.6 Å². The van der Waals surface area contributed by atoms with Crippen LogP contribution in [-0.2, 0) is 4.74 Å². The van der Waals surface area contributed by atoms with E-state index >= 15 is 0 Å². The number of hydrogen-bond donors (Lipinski definition) is 1. The Labute approximate surface area is 117 Å². The van der Waals surface area contributed by atoms with Crippen LogP contribution in [0.2, 0.25) is 0 Å². The first kappa shape index (κ1) is 14.0. The zero-order valence-corrected chi connectivity index (χ0v) is 12.4. The molecule has 2 rings (SSSR count). The number of rotatable bonds is 3. The molecule has 0 spiro atoms. The smallest absolute Gasteiger partial charge is 0.0593 e. The molecule has 0 amide bonds. The van der Waals surface area contributed by atoms with Crippen LogP contribution in [0.4, 0.5) is 0 Å². The third-order valence-electron chi connectivity index (χ3n) is 3.37. The lowest BCUT2D eigenvalue weighted by Gasteiger charge is -2.34. The standard InChI is InChI=1S/C14H21BrN2O/c1-11(16)14(12-5-2-3-6-13(12)15)17-7-4-9-18-10-8-17/h2-3,5-6,11,14H,4,7-10,16H2,1H3. The van der Waals surface area contributed by atoms with Gasteiger partial charge in [-0.2, -0.15) is 0 Å². The minimum atomic E-state index is 0.0989. The van der Waals surface area contributed by atoms with Gasteiger partial charge < -0.3 is 10.5 Å². The predicted molar refractivity (Wildman–Crippen MR) is 77.5 cm³/mol. The van der Waals surface area contributed by atoms with Gasteiger partial charge in [-0.1, -0.05) is 34.1 Å². The lowest BCUT2D eigenvalue weighted by Crippen LogP contribution is -2.41. The monoisotopic (exact) mass is 312 g/mol. The number of nitrogens with two attached hydrogens (primary N) is 1. The highest BCUT2D eigenvalue weighted by atomic mass is 79.9. The first-order valence-electron chi connectivity index (χ1n) is 6.52. The maximum absolute atomic E-state index is 6.22. The van der Waals surface area contributed by atoms with E-state index in [9.17, 15) is 0 Å². The zero-order chi connectivity index (χ0) is 13.0. The van der Waals surface area contributed by atoms with Gasteiger partial charge in [0, 0.05) is 30.2 Å². The van der Waals surface area contributed by atoms with Crippen molar-refractivity contribution in [2.45, 2.75) is 25.4 Å². The van der Waals surface area contributed by atoms with Crippen LogP contribution in [0.1, 0.15) is 24.9 Å². The second-order valence-electron chi connectivity index (χ2n) is 4.83. The molecule has 3 nitrogen and oxygen atoms in total. The van der Waals surface area contributed by atoms with Gasteiger partial charge in [-0.15, -0.1) is 0 Å². The molecule has 1 heterocycles. The highest BCUT2D eigenvalue weighted by Crippen LogP contribution is 2.30. The molecule has 2 unspecified atom stereocenters. The third kappa shape index (κ3) is 3.32. The van der Waals surface area contributed by atoms with Crippen molar-refractivity contribution in [3.63, 3.8) is 0 Å². The number of benzene rings is 1. The van der Waals surface area contributed by atoms with Gasteiger partial charge in [-0.25, -0.2) is 0 Å². The summed E-state index contributed by atoms with van der Waals surface area (Å²) >= 11 is 3.64. The summed E-state index contributed by atoms with van der Waals surface area (Å²) in [5, 5.41) is 0. The molecule has 1 aromatic carbocycles. The summed E-state index contributed by atoms with van der Waals surface area (Å²) in [6.07, 6.45) is 1.08. The fourth-order valence-electron chi connectivity index (χ4n) is 2.57. The number of hydrogen-bond acceptors (Lipinski definition) is 3. The molecule has 18 heavy (non-hydrogen) atoms. The summed E-state index contributed by atoms with van der Waals surface area (Å²) in [6, 6.07) is 8.70. The van der Waals surface area contributed by atoms with Crippen LogP contribution < -0.4 is 5.73 Å². The minimum absolute atomic E-state index is 0.0989. The number of nitrogens with zero attached hydrogens (tertiary/aromatic N) is 1. The molecule has 1 aromatic rings. The fraction of sp³-hybridized carbons (Fsp3) is 0.571. The SMILES string of the molecule is CC(N)C(c1ccccc1Br)N1CCCOCC1. The van der Waals surface area contributed by atoms with Crippen LogP contribution in [0.15, 0.2) is 28.7 Å². The summed E-state index contributed by atoms with van der Waals surface area (Å²) in [5.74, 6) is 0. The van der Waals surface area contributed by atoms with Crippen LogP contribution in [0.25, 0.3) is 0 Å². The molecule has 1 saturated heterocycles. The Morgan fingerprint density at radius 3 is 2.78 bits per heavy atom. The average molecular weight is 313 g/mol. The van der Waals surface area contributed by atoms with Gasteiger partial charge in [0.2, 0.25) is 0 Å². The first-order chi connectivity index (χ1) is 8.70. The van der Waals surface area contributed by atoms with E-state index in [0.717, 1.165) is 37.2 Å². The Balaban J connectivity index is 2.24. The lowest BCUT2D eigenvalue weighted by atomic mass is 9.99. The molecule has 100 valence electrons. The molecule has 0 bridgehead atoms. The van der Waals surface area contributed by atoms with Gasteiger partial charge in [0.25, 0.3) is 0 Å².